The molecule has 2 aromatic heterocycles. The van der Waals surface area contributed by atoms with Gasteiger partial charge in [-0.3, -0.25) is 23.9 Å². The first-order valence-electron chi connectivity index (χ1n) is 8.91. The van der Waals surface area contributed by atoms with E-state index in [1.165, 1.54) is 11.7 Å². The number of carbonyl (C=O) groups is 1. The predicted molar refractivity (Wildman–Crippen MR) is 113 cm³/mol. The first-order chi connectivity index (χ1) is 14.1. The fourth-order valence-corrected chi connectivity index (χ4v) is 2.97. The first-order valence-corrected chi connectivity index (χ1v) is 9.67. The number of carbonyl (C=O) groups excluding carboxylic acids is 1. The number of halogens is 2. The average molecular weight is 461 g/mol. The molecule has 30 heavy (non-hydrogen) atoms. The molecule has 0 aliphatic heterocycles. The van der Waals surface area contributed by atoms with Crippen molar-refractivity contribution in [2.45, 2.75) is 26.9 Å². The van der Waals surface area contributed by atoms with Crippen LogP contribution in [0.5, 0.6) is 0 Å². The molecular formula is C17H22Cl2N6O5. The lowest BCUT2D eigenvalue weighted by atomic mass is 10.2. The Morgan fingerprint density at radius 1 is 1.33 bits per heavy atom. The standard InChI is InChI=1S/C17H22Cl2N6O5/c1-9(2)7-24-14(20)13(15(27)22-17(24)29)23(4-5-30-3)11(26)8-25-16(28)12(19)10(18)6-21-25/h6,9H,4-5,7-8,20H2,1-3H3,(H,22,27,29). The van der Waals surface area contributed by atoms with Crippen molar-refractivity contribution in [3.05, 3.63) is 47.4 Å². The summed E-state index contributed by atoms with van der Waals surface area (Å²) in [6.45, 7) is 3.44. The van der Waals surface area contributed by atoms with E-state index in [2.05, 4.69) is 10.1 Å². The Balaban J connectivity index is 2.54. The summed E-state index contributed by atoms with van der Waals surface area (Å²) in [5.41, 5.74) is 3.59. The van der Waals surface area contributed by atoms with Crippen molar-refractivity contribution in [3.63, 3.8) is 0 Å². The van der Waals surface area contributed by atoms with Crippen LogP contribution in [0.25, 0.3) is 0 Å². The third-order valence-electron chi connectivity index (χ3n) is 4.08. The van der Waals surface area contributed by atoms with Gasteiger partial charge in [-0.1, -0.05) is 37.0 Å². The van der Waals surface area contributed by atoms with Gasteiger partial charge in [0.15, 0.2) is 5.69 Å². The molecule has 0 saturated heterocycles. The van der Waals surface area contributed by atoms with E-state index in [9.17, 15) is 19.2 Å². The molecule has 2 rings (SSSR count). The quantitative estimate of drug-likeness (QED) is 0.576. The number of nitrogens with zero attached hydrogens (tertiary/aromatic N) is 4. The largest absolute Gasteiger partial charge is 0.383 e. The van der Waals surface area contributed by atoms with Gasteiger partial charge in [-0.05, 0) is 5.92 Å². The van der Waals surface area contributed by atoms with Crippen LogP contribution in [0.15, 0.2) is 20.6 Å². The number of ether oxygens (including phenoxy) is 1. The van der Waals surface area contributed by atoms with Crippen LogP contribution in [-0.4, -0.2) is 45.5 Å². The van der Waals surface area contributed by atoms with E-state index in [1.54, 1.807) is 0 Å². The molecule has 11 nitrogen and oxygen atoms in total. The van der Waals surface area contributed by atoms with Crippen molar-refractivity contribution in [3.8, 4) is 0 Å². The zero-order valence-electron chi connectivity index (χ0n) is 16.6. The van der Waals surface area contributed by atoms with Gasteiger partial charge in [0.1, 0.15) is 17.4 Å². The van der Waals surface area contributed by atoms with Gasteiger partial charge in [-0.15, -0.1) is 0 Å². The Kier molecular flexibility index (Phi) is 7.82. The molecule has 0 aromatic carbocycles. The highest BCUT2D eigenvalue weighted by Gasteiger charge is 2.25. The summed E-state index contributed by atoms with van der Waals surface area (Å²) in [5.74, 6) is -0.811. The number of anilines is 2. The summed E-state index contributed by atoms with van der Waals surface area (Å²) in [4.78, 5) is 53.1. The number of nitrogens with one attached hydrogen (secondary N) is 1. The van der Waals surface area contributed by atoms with Gasteiger partial charge in [-0.2, -0.15) is 5.10 Å². The molecule has 2 heterocycles. The van der Waals surface area contributed by atoms with Gasteiger partial charge < -0.3 is 15.4 Å². The van der Waals surface area contributed by atoms with Crippen molar-refractivity contribution in [2.75, 3.05) is 30.9 Å². The highest BCUT2D eigenvalue weighted by atomic mass is 35.5. The van der Waals surface area contributed by atoms with Crippen molar-refractivity contribution in [2.24, 2.45) is 5.92 Å². The normalized spacial score (nSPS) is 11.1. The molecule has 0 aliphatic rings. The summed E-state index contributed by atoms with van der Waals surface area (Å²) in [5, 5.41) is 3.45. The van der Waals surface area contributed by atoms with Crippen LogP contribution in [0.3, 0.4) is 0 Å². The molecule has 0 aliphatic carbocycles. The first kappa shape index (κ1) is 23.6. The van der Waals surface area contributed by atoms with Gasteiger partial charge in [0.05, 0.1) is 17.8 Å². The van der Waals surface area contributed by atoms with Crippen LogP contribution in [0.1, 0.15) is 13.8 Å². The van der Waals surface area contributed by atoms with Crippen molar-refractivity contribution < 1.29 is 9.53 Å². The predicted octanol–water partition coefficient (Wildman–Crippen LogP) is 0.318. The van der Waals surface area contributed by atoms with E-state index in [0.717, 1.165) is 15.8 Å². The maximum atomic E-state index is 13.0. The SMILES string of the molecule is COCCN(C(=O)Cn1ncc(Cl)c(Cl)c1=O)c1c(N)n(CC(C)C)c(=O)[nH]c1=O. The molecule has 0 spiro atoms. The molecule has 3 N–H and O–H groups in total. The van der Waals surface area contributed by atoms with E-state index in [0.29, 0.717) is 0 Å². The number of hydrogen-bond acceptors (Lipinski definition) is 7. The minimum absolute atomic E-state index is 0.0471. The molecule has 13 heteroatoms. The molecule has 164 valence electrons. The molecule has 2 aromatic rings. The number of nitrogen functional groups attached to an aromatic ring is 1. The van der Waals surface area contributed by atoms with Crippen molar-refractivity contribution in [1.82, 2.24) is 19.3 Å². The monoisotopic (exact) mass is 460 g/mol. The van der Waals surface area contributed by atoms with Gasteiger partial charge in [0.25, 0.3) is 11.1 Å². The van der Waals surface area contributed by atoms with E-state index < -0.39 is 29.3 Å². The molecule has 1 amide bonds. The van der Waals surface area contributed by atoms with Crippen molar-refractivity contribution in [1.29, 1.82) is 0 Å². The van der Waals surface area contributed by atoms with E-state index in [-0.39, 0.29) is 47.2 Å². The van der Waals surface area contributed by atoms with Crippen LogP contribution >= 0.6 is 23.2 Å². The second-order valence-electron chi connectivity index (χ2n) is 6.81. The fourth-order valence-electron chi connectivity index (χ4n) is 2.70. The third-order valence-corrected chi connectivity index (χ3v) is 4.83. The zero-order chi connectivity index (χ0) is 22.6. The third kappa shape index (κ3) is 5.10. The zero-order valence-corrected chi connectivity index (χ0v) is 18.2. The lowest BCUT2D eigenvalue weighted by molar-refractivity contribution is -0.119. The number of hydrogen-bond donors (Lipinski definition) is 2. The van der Waals surface area contributed by atoms with Crippen LogP contribution in [0.4, 0.5) is 11.5 Å². The fraction of sp³-hybridized carbons (Fsp3) is 0.471. The van der Waals surface area contributed by atoms with Gasteiger partial charge >= 0.3 is 5.69 Å². The number of aromatic nitrogens is 4. The molecular weight excluding hydrogens is 439 g/mol. The Bertz CT molecular complexity index is 1110. The summed E-state index contributed by atoms with van der Waals surface area (Å²) < 4.78 is 7.00. The number of nitrogens with two attached hydrogens (primary N) is 1. The molecule has 0 atom stereocenters. The average Bonchev–Trinajstić information content (AvgIpc) is 2.67. The number of rotatable bonds is 8. The summed E-state index contributed by atoms with van der Waals surface area (Å²) in [6.07, 6.45) is 1.13. The van der Waals surface area contributed by atoms with Gasteiger partial charge in [0, 0.05) is 20.2 Å². The second kappa shape index (κ2) is 9.92. The molecule has 0 saturated carbocycles. The lowest BCUT2D eigenvalue weighted by Gasteiger charge is -2.24. The Morgan fingerprint density at radius 2 is 2.00 bits per heavy atom. The molecule has 0 bridgehead atoms. The van der Waals surface area contributed by atoms with Crippen molar-refractivity contribution >= 4 is 40.6 Å². The second-order valence-corrected chi connectivity index (χ2v) is 7.59. The summed E-state index contributed by atoms with van der Waals surface area (Å²) in [7, 11) is 1.42. The van der Waals surface area contributed by atoms with E-state index in [1.807, 2.05) is 13.8 Å². The summed E-state index contributed by atoms with van der Waals surface area (Å²) >= 11 is 11.6. The summed E-state index contributed by atoms with van der Waals surface area (Å²) in [6, 6.07) is 0. The van der Waals surface area contributed by atoms with E-state index in [4.69, 9.17) is 33.7 Å². The topological polar surface area (TPSA) is 145 Å². The Labute approximate surface area is 181 Å². The number of methoxy groups -OCH3 is 1. The number of aromatic amines is 1. The van der Waals surface area contributed by atoms with Gasteiger partial charge in [-0.25, -0.2) is 9.48 Å². The minimum atomic E-state index is -0.837. The van der Waals surface area contributed by atoms with Gasteiger partial charge in [0.2, 0.25) is 5.91 Å². The lowest BCUT2D eigenvalue weighted by Crippen LogP contribution is -2.45. The molecule has 0 unspecified atom stereocenters. The number of amides is 1. The highest BCUT2D eigenvalue weighted by molar-refractivity contribution is 6.41. The Morgan fingerprint density at radius 3 is 2.60 bits per heavy atom. The number of H-pyrrole nitrogens is 1. The highest BCUT2D eigenvalue weighted by Crippen LogP contribution is 2.19. The molecule has 0 radical (unpaired) electrons. The van der Waals surface area contributed by atoms with E-state index >= 15 is 0 Å². The van der Waals surface area contributed by atoms with Crippen LogP contribution in [0, 0.1) is 5.92 Å². The smallest absolute Gasteiger partial charge is 0.330 e. The molecule has 0 fully saturated rings. The maximum Gasteiger partial charge on any atom is 0.330 e. The van der Waals surface area contributed by atoms with Crippen LogP contribution < -0.4 is 27.4 Å². The Hall–Kier alpha value is -2.63. The van der Waals surface area contributed by atoms with Crippen LogP contribution in [0.2, 0.25) is 10.0 Å². The minimum Gasteiger partial charge on any atom is -0.383 e. The van der Waals surface area contributed by atoms with Crippen LogP contribution in [-0.2, 0) is 22.6 Å². The maximum absolute atomic E-state index is 13.0.